The van der Waals surface area contributed by atoms with Gasteiger partial charge in [0.2, 0.25) is 0 Å². The van der Waals surface area contributed by atoms with E-state index in [1.807, 2.05) is 41.8 Å². The largest absolute Gasteiger partial charge is 0.467 e. The third-order valence-corrected chi connectivity index (χ3v) is 4.19. The average molecular weight is 328 g/mol. The lowest BCUT2D eigenvalue weighted by molar-refractivity contribution is 0.149. The lowest BCUT2D eigenvalue weighted by atomic mass is 10.1. The molecule has 3 aromatic rings. The molecule has 0 spiro atoms. The summed E-state index contributed by atoms with van der Waals surface area (Å²) in [6.07, 6.45) is 0.610. The van der Waals surface area contributed by atoms with Gasteiger partial charge in [0, 0.05) is 10.4 Å². The number of hydrogen-bond acceptors (Lipinski definition) is 4. The lowest BCUT2D eigenvalue weighted by Crippen LogP contribution is -2.32. The molecule has 3 N–H and O–H groups in total. The van der Waals surface area contributed by atoms with Gasteiger partial charge in [-0.2, -0.15) is 0 Å². The van der Waals surface area contributed by atoms with Crippen LogP contribution in [0.15, 0.2) is 64.6 Å². The Morgan fingerprint density at radius 3 is 2.78 bits per heavy atom. The van der Waals surface area contributed by atoms with Crippen molar-refractivity contribution in [2.45, 2.75) is 6.10 Å². The number of carbonyl (C=O) groups is 1. The van der Waals surface area contributed by atoms with Gasteiger partial charge in [-0.1, -0.05) is 24.3 Å². The molecule has 1 atom stereocenters. The highest BCUT2D eigenvalue weighted by Gasteiger charge is 2.13. The zero-order valence-electron chi connectivity index (χ0n) is 12.2. The molecular weight excluding hydrogens is 312 g/mol. The zero-order chi connectivity index (χ0) is 16.1. The van der Waals surface area contributed by atoms with Gasteiger partial charge >= 0.3 is 6.03 Å². The van der Waals surface area contributed by atoms with E-state index in [-0.39, 0.29) is 12.6 Å². The summed E-state index contributed by atoms with van der Waals surface area (Å²) >= 11 is 1.61. The Morgan fingerprint density at radius 2 is 2.04 bits per heavy atom. The first-order valence-electron chi connectivity index (χ1n) is 7.13. The third-order valence-electron chi connectivity index (χ3n) is 3.29. The molecule has 5 nitrogen and oxygen atoms in total. The summed E-state index contributed by atoms with van der Waals surface area (Å²) in [6, 6.07) is 14.5. The minimum absolute atomic E-state index is 0.0700. The van der Waals surface area contributed by atoms with Crippen LogP contribution < -0.4 is 10.6 Å². The van der Waals surface area contributed by atoms with Crippen LogP contribution >= 0.6 is 11.3 Å². The highest BCUT2D eigenvalue weighted by atomic mass is 32.1. The minimum Gasteiger partial charge on any atom is -0.467 e. The van der Waals surface area contributed by atoms with Crippen LogP contribution in [0.4, 0.5) is 10.5 Å². The van der Waals surface area contributed by atoms with E-state index in [0.717, 1.165) is 16.1 Å². The highest BCUT2D eigenvalue weighted by molar-refractivity contribution is 7.13. The van der Waals surface area contributed by atoms with Gasteiger partial charge in [0.15, 0.2) is 0 Å². The van der Waals surface area contributed by atoms with E-state index < -0.39 is 6.10 Å². The molecule has 0 aliphatic rings. The number of thiophene rings is 1. The second-order valence-electron chi connectivity index (χ2n) is 4.89. The molecule has 118 valence electrons. The van der Waals surface area contributed by atoms with Crippen molar-refractivity contribution in [3.8, 4) is 10.4 Å². The van der Waals surface area contributed by atoms with Crippen LogP contribution in [0.5, 0.6) is 0 Å². The predicted octanol–water partition coefficient (Wildman–Crippen LogP) is 3.86. The van der Waals surface area contributed by atoms with E-state index in [9.17, 15) is 9.90 Å². The number of aliphatic hydroxyl groups excluding tert-OH is 1. The third kappa shape index (κ3) is 3.80. The molecule has 0 bridgehead atoms. The number of urea groups is 1. The molecule has 2 aromatic heterocycles. The monoisotopic (exact) mass is 328 g/mol. The average Bonchev–Trinajstić information content (AvgIpc) is 3.26. The number of aliphatic hydroxyl groups is 1. The zero-order valence-corrected chi connectivity index (χ0v) is 13.0. The minimum atomic E-state index is -0.872. The van der Waals surface area contributed by atoms with E-state index in [4.69, 9.17) is 4.42 Å². The van der Waals surface area contributed by atoms with Crippen LogP contribution in [0.25, 0.3) is 10.4 Å². The van der Waals surface area contributed by atoms with Crippen molar-refractivity contribution in [3.05, 3.63) is 65.9 Å². The van der Waals surface area contributed by atoms with Gasteiger partial charge in [0.25, 0.3) is 0 Å². The van der Waals surface area contributed by atoms with E-state index >= 15 is 0 Å². The Bertz CT molecular complexity index is 754. The maximum absolute atomic E-state index is 12.0. The van der Waals surface area contributed by atoms with Gasteiger partial charge in [0.05, 0.1) is 18.5 Å². The van der Waals surface area contributed by atoms with Gasteiger partial charge in [0.1, 0.15) is 11.9 Å². The summed E-state index contributed by atoms with van der Waals surface area (Å²) in [7, 11) is 0. The van der Waals surface area contributed by atoms with Crippen LogP contribution in [0.3, 0.4) is 0 Å². The van der Waals surface area contributed by atoms with Crippen LogP contribution in [0.1, 0.15) is 11.9 Å². The maximum atomic E-state index is 12.0. The number of hydrogen-bond donors (Lipinski definition) is 3. The number of rotatable bonds is 5. The van der Waals surface area contributed by atoms with Crippen LogP contribution in [0, 0.1) is 0 Å². The smallest absolute Gasteiger partial charge is 0.319 e. The molecule has 0 aliphatic heterocycles. The Labute approximate surface area is 137 Å². The lowest BCUT2D eigenvalue weighted by Gasteiger charge is -2.13. The number of carbonyl (C=O) groups excluding carboxylic acids is 1. The highest BCUT2D eigenvalue weighted by Crippen LogP contribution is 2.31. The molecule has 0 aliphatic carbocycles. The van der Waals surface area contributed by atoms with E-state index in [1.165, 1.54) is 6.26 Å². The fourth-order valence-corrected chi connectivity index (χ4v) is 2.94. The topological polar surface area (TPSA) is 74.5 Å². The molecule has 2 heterocycles. The molecule has 6 heteroatoms. The summed E-state index contributed by atoms with van der Waals surface area (Å²) in [6.45, 7) is 0.0700. The molecule has 2 amide bonds. The molecular formula is C17H16N2O3S. The van der Waals surface area contributed by atoms with Crippen LogP contribution in [-0.4, -0.2) is 17.7 Å². The molecule has 0 radical (unpaired) electrons. The van der Waals surface area contributed by atoms with Gasteiger partial charge in [-0.05, 0) is 29.6 Å². The summed E-state index contributed by atoms with van der Waals surface area (Å²) < 4.78 is 5.09. The molecule has 0 saturated carbocycles. The van der Waals surface area contributed by atoms with Crippen molar-refractivity contribution in [1.82, 2.24) is 5.32 Å². The quantitative estimate of drug-likeness (QED) is 0.666. The first kappa shape index (κ1) is 15.3. The maximum Gasteiger partial charge on any atom is 0.319 e. The fraction of sp³-hybridized carbons (Fsp3) is 0.118. The summed E-state index contributed by atoms with van der Waals surface area (Å²) in [5.41, 5.74) is 1.68. The van der Waals surface area contributed by atoms with Crippen molar-refractivity contribution in [2.24, 2.45) is 0 Å². The SMILES string of the molecule is O=C(NCC(O)c1ccco1)Nc1ccccc1-c1cccs1. The van der Waals surface area contributed by atoms with E-state index in [1.54, 1.807) is 23.5 Å². The van der Waals surface area contributed by atoms with Gasteiger partial charge < -0.3 is 20.2 Å². The number of furan rings is 1. The van der Waals surface area contributed by atoms with Crippen LogP contribution in [0.2, 0.25) is 0 Å². The van der Waals surface area contributed by atoms with Gasteiger partial charge in [-0.3, -0.25) is 0 Å². The van der Waals surface area contributed by atoms with Crippen molar-refractivity contribution in [3.63, 3.8) is 0 Å². The Morgan fingerprint density at radius 1 is 1.17 bits per heavy atom. The van der Waals surface area contributed by atoms with E-state index in [2.05, 4.69) is 10.6 Å². The number of anilines is 1. The number of nitrogens with one attached hydrogen (secondary N) is 2. The molecule has 3 rings (SSSR count). The van der Waals surface area contributed by atoms with E-state index in [0.29, 0.717) is 5.76 Å². The van der Waals surface area contributed by atoms with Crippen molar-refractivity contribution in [2.75, 3.05) is 11.9 Å². The summed E-state index contributed by atoms with van der Waals surface area (Å²) in [5, 5.41) is 17.3. The van der Waals surface area contributed by atoms with Gasteiger partial charge in [-0.15, -0.1) is 11.3 Å². The van der Waals surface area contributed by atoms with Crippen molar-refractivity contribution in [1.29, 1.82) is 0 Å². The van der Waals surface area contributed by atoms with Crippen molar-refractivity contribution < 1.29 is 14.3 Å². The normalized spacial score (nSPS) is 11.9. The number of amides is 2. The standard InChI is InChI=1S/C17H16N2O3S/c20-14(15-7-3-9-22-15)11-18-17(21)19-13-6-2-1-5-12(13)16-8-4-10-23-16/h1-10,14,20H,11H2,(H2,18,19,21). The second kappa shape index (κ2) is 7.13. The Kier molecular flexibility index (Phi) is 4.75. The number of para-hydroxylation sites is 1. The first-order chi connectivity index (χ1) is 11.2. The van der Waals surface area contributed by atoms with Crippen LogP contribution in [-0.2, 0) is 0 Å². The van der Waals surface area contributed by atoms with Crippen molar-refractivity contribution >= 4 is 23.1 Å². The molecule has 1 unspecified atom stereocenters. The molecule has 0 saturated heterocycles. The molecule has 0 fully saturated rings. The molecule has 1 aromatic carbocycles. The fourth-order valence-electron chi connectivity index (χ4n) is 2.18. The van der Waals surface area contributed by atoms with Gasteiger partial charge in [-0.25, -0.2) is 4.79 Å². The second-order valence-corrected chi connectivity index (χ2v) is 5.84. The summed E-state index contributed by atoms with van der Waals surface area (Å²) in [4.78, 5) is 13.1. The Hall–Kier alpha value is -2.57. The summed E-state index contributed by atoms with van der Waals surface area (Å²) in [5.74, 6) is 0.421. The first-order valence-corrected chi connectivity index (χ1v) is 8.01. The number of benzene rings is 1. The Balaban J connectivity index is 1.62. The predicted molar refractivity (Wildman–Crippen MR) is 90.4 cm³/mol. The molecule has 23 heavy (non-hydrogen) atoms.